The monoisotopic (exact) mass is 376 g/mol. The molecule has 1 aromatic heterocycles. The molecule has 2 aromatic rings. The Hall–Kier alpha value is -3.34. The van der Waals surface area contributed by atoms with Crippen LogP contribution in [0.15, 0.2) is 30.6 Å². The van der Waals surface area contributed by atoms with E-state index < -0.39 is 22.3 Å². The fourth-order valence-corrected chi connectivity index (χ4v) is 2.58. The van der Waals surface area contributed by atoms with Crippen molar-refractivity contribution < 1.29 is 18.8 Å². The minimum Gasteiger partial charge on any atom is -0.376 e. The van der Waals surface area contributed by atoms with Crippen molar-refractivity contribution in [2.45, 2.75) is 18.9 Å². The van der Waals surface area contributed by atoms with Gasteiger partial charge in [0, 0.05) is 18.7 Å². The van der Waals surface area contributed by atoms with Gasteiger partial charge >= 0.3 is 5.69 Å². The van der Waals surface area contributed by atoms with Crippen LogP contribution in [0.3, 0.4) is 0 Å². The minimum absolute atomic E-state index is 0.0176. The van der Waals surface area contributed by atoms with Gasteiger partial charge in [-0.3, -0.25) is 25.8 Å². The van der Waals surface area contributed by atoms with Crippen molar-refractivity contribution in [3.63, 3.8) is 0 Å². The summed E-state index contributed by atoms with van der Waals surface area (Å²) in [7, 11) is 0. The van der Waals surface area contributed by atoms with Gasteiger partial charge in [-0.15, -0.1) is 0 Å². The average Bonchev–Trinajstić information content (AvgIpc) is 3.18. The van der Waals surface area contributed by atoms with Crippen LogP contribution in [-0.2, 0) is 4.74 Å². The Bertz CT molecular complexity index is 826. The molecule has 2 heterocycles. The number of rotatable bonds is 7. The predicted molar refractivity (Wildman–Crippen MR) is 93.6 cm³/mol. The topological polar surface area (TPSA) is 131 Å². The van der Waals surface area contributed by atoms with E-state index in [0.29, 0.717) is 13.2 Å². The number of anilines is 2. The van der Waals surface area contributed by atoms with Gasteiger partial charge in [0.05, 0.1) is 11.0 Å². The first-order chi connectivity index (χ1) is 13.0. The van der Waals surface area contributed by atoms with Crippen LogP contribution in [0.25, 0.3) is 0 Å². The molecule has 1 aliphatic rings. The number of benzene rings is 1. The summed E-state index contributed by atoms with van der Waals surface area (Å²) in [6.07, 6.45) is 2.91. The molecule has 1 saturated heterocycles. The summed E-state index contributed by atoms with van der Waals surface area (Å²) in [5.74, 6) is -1.24. The van der Waals surface area contributed by atoms with E-state index in [4.69, 9.17) is 4.74 Å². The lowest BCUT2D eigenvalue weighted by Crippen LogP contribution is -2.30. The molecular weight excluding hydrogens is 359 g/mol. The van der Waals surface area contributed by atoms with E-state index >= 15 is 0 Å². The first-order valence-electron chi connectivity index (χ1n) is 8.21. The smallest absolute Gasteiger partial charge is 0.354 e. The maximum Gasteiger partial charge on any atom is 0.354 e. The number of ether oxygens (including phenoxy) is 1. The number of halogens is 1. The summed E-state index contributed by atoms with van der Waals surface area (Å²) >= 11 is 0. The highest BCUT2D eigenvalue weighted by Crippen LogP contribution is 2.28. The maximum absolute atomic E-state index is 12.9. The molecule has 3 N–H and O–H groups in total. The lowest BCUT2D eigenvalue weighted by molar-refractivity contribution is -0.383. The molecular formula is C16H17FN6O4. The van der Waals surface area contributed by atoms with E-state index in [0.717, 1.165) is 31.3 Å². The van der Waals surface area contributed by atoms with Crippen LogP contribution in [0.5, 0.6) is 0 Å². The molecule has 0 radical (unpaired) electrons. The third-order valence-corrected chi connectivity index (χ3v) is 3.93. The summed E-state index contributed by atoms with van der Waals surface area (Å²) in [6.45, 7) is 1.04. The Morgan fingerprint density at radius 3 is 2.70 bits per heavy atom. The fourth-order valence-electron chi connectivity index (χ4n) is 2.58. The van der Waals surface area contributed by atoms with E-state index in [1.54, 1.807) is 0 Å². The summed E-state index contributed by atoms with van der Waals surface area (Å²) < 4.78 is 18.4. The third-order valence-electron chi connectivity index (χ3n) is 3.93. The van der Waals surface area contributed by atoms with Crippen LogP contribution in [0.1, 0.15) is 23.2 Å². The van der Waals surface area contributed by atoms with Crippen molar-refractivity contribution in [1.82, 2.24) is 15.4 Å². The molecule has 1 fully saturated rings. The molecule has 27 heavy (non-hydrogen) atoms. The Kier molecular flexibility index (Phi) is 5.71. The van der Waals surface area contributed by atoms with Crippen LogP contribution < -0.4 is 16.2 Å². The fraction of sp³-hybridized carbons (Fsp3) is 0.312. The van der Waals surface area contributed by atoms with E-state index in [2.05, 4.69) is 26.1 Å². The number of hydrogen-bond acceptors (Lipinski definition) is 8. The average molecular weight is 376 g/mol. The molecule has 10 nitrogen and oxygen atoms in total. The van der Waals surface area contributed by atoms with Crippen LogP contribution in [0.2, 0.25) is 0 Å². The van der Waals surface area contributed by atoms with Crippen molar-refractivity contribution in [1.29, 1.82) is 0 Å². The van der Waals surface area contributed by atoms with E-state index in [1.807, 2.05) is 0 Å². The maximum atomic E-state index is 12.9. The standard InChI is InChI=1S/C16H17FN6O4/c17-11-5-3-10(4-6-11)16(24)22-21-15-13(23(25)26)14(19-9-20-15)18-8-12-2-1-7-27-12/h3-6,9,12H,1-2,7-8H2,(H,22,24)(H2,18,19,20,21). The largest absolute Gasteiger partial charge is 0.376 e. The number of hydrogen-bond donors (Lipinski definition) is 3. The summed E-state index contributed by atoms with van der Waals surface area (Å²) in [6, 6.07) is 4.84. The highest BCUT2D eigenvalue weighted by atomic mass is 19.1. The Labute approximate surface area is 153 Å². The van der Waals surface area contributed by atoms with Gasteiger partial charge in [-0.05, 0) is 37.1 Å². The number of carbonyl (C=O) groups excluding carboxylic acids is 1. The van der Waals surface area contributed by atoms with Crippen molar-refractivity contribution in [2.24, 2.45) is 0 Å². The minimum atomic E-state index is -0.649. The Morgan fingerprint density at radius 2 is 2.04 bits per heavy atom. The summed E-state index contributed by atoms with van der Waals surface area (Å²) in [5, 5.41) is 14.3. The molecule has 0 spiro atoms. The number of nitro groups is 1. The highest BCUT2D eigenvalue weighted by Gasteiger charge is 2.25. The first kappa shape index (κ1) is 18.5. The van der Waals surface area contributed by atoms with E-state index in [-0.39, 0.29) is 23.3 Å². The summed E-state index contributed by atoms with van der Waals surface area (Å²) in [4.78, 5) is 30.6. The number of amides is 1. The number of hydrazine groups is 1. The van der Waals surface area contributed by atoms with Gasteiger partial charge in [0.25, 0.3) is 5.91 Å². The lowest BCUT2D eigenvalue weighted by atomic mass is 10.2. The van der Waals surface area contributed by atoms with Crippen molar-refractivity contribution in [3.8, 4) is 0 Å². The zero-order valence-corrected chi connectivity index (χ0v) is 14.1. The van der Waals surface area contributed by atoms with Gasteiger partial charge < -0.3 is 10.1 Å². The second kappa shape index (κ2) is 8.36. The van der Waals surface area contributed by atoms with Gasteiger partial charge in [-0.25, -0.2) is 14.4 Å². The molecule has 0 saturated carbocycles. The van der Waals surface area contributed by atoms with Crippen LogP contribution in [-0.4, -0.2) is 40.1 Å². The normalized spacial score (nSPS) is 16.0. The number of nitrogens with one attached hydrogen (secondary N) is 3. The first-order valence-corrected chi connectivity index (χ1v) is 8.21. The highest BCUT2D eigenvalue weighted by molar-refractivity contribution is 5.95. The predicted octanol–water partition coefficient (Wildman–Crippen LogP) is 1.87. The molecule has 1 aromatic carbocycles. The Morgan fingerprint density at radius 1 is 1.30 bits per heavy atom. The van der Waals surface area contributed by atoms with Gasteiger partial charge in [0.15, 0.2) is 0 Å². The van der Waals surface area contributed by atoms with Gasteiger partial charge in [-0.1, -0.05) is 0 Å². The van der Waals surface area contributed by atoms with Crippen molar-refractivity contribution in [2.75, 3.05) is 23.9 Å². The van der Waals surface area contributed by atoms with Crippen molar-refractivity contribution in [3.05, 3.63) is 52.1 Å². The van der Waals surface area contributed by atoms with Crippen LogP contribution in [0, 0.1) is 15.9 Å². The van der Waals surface area contributed by atoms with Gasteiger partial charge in [0.2, 0.25) is 11.6 Å². The van der Waals surface area contributed by atoms with Crippen molar-refractivity contribution >= 4 is 23.2 Å². The van der Waals surface area contributed by atoms with Gasteiger partial charge in [0.1, 0.15) is 12.1 Å². The third kappa shape index (κ3) is 4.64. The van der Waals surface area contributed by atoms with Crippen LogP contribution >= 0.6 is 0 Å². The molecule has 1 unspecified atom stereocenters. The molecule has 11 heteroatoms. The zero-order chi connectivity index (χ0) is 19.2. The number of aromatic nitrogens is 2. The Balaban J connectivity index is 1.70. The molecule has 142 valence electrons. The number of nitrogens with zero attached hydrogens (tertiary/aromatic N) is 3. The lowest BCUT2D eigenvalue weighted by Gasteiger charge is -2.13. The molecule has 1 atom stereocenters. The van der Waals surface area contributed by atoms with E-state index in [9.17, 15) is 19.3 Å². The zero-order valence-electron chi connectivity index (χ0n) is 14.1. The molecule has 1 amide bonds. The summed E-state index contributed by atoms with van der Waals surface area (Å²) in [5.41, 5.74) is 4.48. The van der Waals surface area contributed by atoms with Crippen LogP contribution in [0.4, 0.5) is 21.7 Å². The second-order valence-corrected chi connectivity index (χ2v) is 5.78. The molecule has 0 aliphatic carbocycles. The second-order valence-electron chi connectivity index (χ2n) is 5.78. The molecule has 0 bridgehead atoms. The quantitative estimate of drug-likeness (QED) is 0.493. The SMILES string of the molecule is O=C(NNc1ncnc(NCC2CCCO2)c1[N+](=O)[O-])c1ccc(F)cc1. The number of carbonyl (C=O) groups is 1. The molecule has 3 rings (SSSR count). The molecule has 1 aliphatic heterocycles. The van der Waals surface area contributed by atoms with E-state index in [1.165, 1.54) is 12.1 Å². The van der Waals surface area contributed by atoms with Gasteiger partial charge in [-0.2, -0.15) is 0 Å².